The number of thiazole rings is 1. The van der Waals surface area contributed by atoms with Crippen molar-refractivity contribution in [3.8, 4) is 0 Å². The lowest BCUT2D eigenvalue weighted by molar-refractivity contribution is -0.122. The molecule has 0 saturated carbocycles. The smallest absolute Gasteiger partial charge is 0.238 e. The van der Waals surface area contributed by atoms with Crippen LogP contribution in [0.3, 0.4) is 0 Å². The van der Waals surface area contributed by atoms with Crippen LogP contribution in [0.15, 0.2) is 15.9 Å². The van der Waals surface area contributed by atoms with Crippen molar-refractivity contribution >= 4 is 39.0 Å². The van der Waals surface area contributed by atoms with E-state index in [0.717, 1.165) is 11.8 Å². The van der Waals surface area contributed by atoms with Crippen LogP contribution < -0.4 is 0 Å². The molecule has 1 unspecified atom stereocenters. The number of aromatic nitrogens is 1. The van der Waals surface area contributed by atoms with Crippen LogP contribution in [0.1, 0.15) is 0 Å². The molecule has 74 valence electrons. The Bertz CT molecular complexity index is 249. The van der Waals surface area contributed by atoms with Crippen molar-refractivity contribution in [2.75, 3.05) is 5.75 Å². The van der Waals surface area contributed by atoms with Crippen LogP contribution in [0.25, 0.3) is 0 Å². The third-order valence-electron chi connectivity index (χ3n) is 1.12. The first-order valence-corrected chi connectivity index (χ1v) is 6.01. The Balaban J connectivity index is 2.35. The van der Waals surface area contributed by atoms with E-state index < -0.39 is 11.0 Å². The molecule has 0 aliphatic carbocycles. The number of rotatable bonds is 3. The summed E-state index contributed by atoms with van der Waals surface area (Å²) >= 11 is 5.02. The lowest BCUT2D eigenvalue weighted by Crippen LogP contribution is -2.24. The third-order valence-corrected chi connectivity index (χ3v) is 4.45. The Hall–Kier alpha value is 0.250. The zero-order valence-electron chi connectivity index (χ0n) is 6.21. The Morgan fingerprint density at radius 3 is 2.77 bits per heavy atom. The number of thioether (sulfide) groups is 1. The zero-order chi connectivity index (χ0) is 9.90. The predicted octanol–water partition coefficient (Wildman–Crippen LogP) is 3.56. The molecule has 0 aliphatic rings. The van der Waals surface area contributed by atoms with Crippen LogP contribution in [-0.2, 0) is 0 Å². The maximum absolute atomic E-state index is 12.0. The lowest BCUT2D eigenvalue weighted by Gasteiger charge is -2.11. The normalized spacial score (nSPS) is 14.5. The third kappa shape index (κ3) is 3.86. The van der Waals surface area contributed by atoms with Crippen LogP contribution in [0.2, 0.25) is 0 Å². The number of nitrogens with zero attached hydrogens (tertiary/aromatic N) is 1. The second-order valence-corrected chi connectivity index (χ2v) is 5.39. The molecule has 0 amide bonds. The maximum Gasteiger partial charge on any atom is 0.402 e. The van der Waals surface area contributed by atoms with Crippen molar-refractivity contribution in [2.24, 2.45) is 0 Å². The van der Waals surface area contributed by atoms with Gasteiger partial charge in [0.25, 0.3) is 0 Å². The molecule has 0 saturated heterocycles. The van der Waals surface area contributed by atoms with E-state index in [1.165, 1.54) is 11.3 Å². The molecule has 0 aromatic carbocycles. The standard InChI is InChI=1S/C6H5BrF3NS2/c7-4(6(8,9)10)3-13-5-11-1-2-12-5/h1-2,4H,3H2. The van der Waals surface area contributed by atoms with Crippen molar-refractivity contribution in [3.05, 3.63) is 11.6 Å². The minimum absolute atomic E-state index is 0.0446. The van der Waals surface area contributed by atoms with E-state index in [0.29, 0.717) is 4.34 Å². The van der Waals surface area contributed by atoms with Gasteiger partial charge < -0.3 is 0 Å². The molecular weight excluding hydrogens is 287 g/mol. The highest BCUT2D eigenvalue weighted by Gasteiger charge is 2.37. The monoisotopic (exact) mass is 291 g/mol. The van der Waals surface area contributed by atoms with E-state index in [-0.39, 0.29) is 5.75 Å². The summed E-state index contributed by atoms with van der Waals surface area (Å²) in [6.45, 7) is 0. The largest absolute Gasteiger partial charge is 0.402 e. The van der Waals surface area contributed by atoms with E-state index in [9.17, 15) is 13.2 Å². The quantitative estimate of drug-likeness (QED) is 0.624. The summed E-state index contributed by atoms with van der Waals surface area (Å²) in [5.74, 6) is -0.0446. The second-order valence-electron chi connectivity index (χ2n) is 2.12. The van der Waals surface area contributed by atoms with E-state index in [1.54, 1.807) is 11.6 Å². The molecule has 1 aromatic heterocycles. The van der Waals surface area contributed by atoms with Crippen LogP contribution in [0.4, 0.5) is 13.2 Å². The van der Waals surface area contributed by atoms with Gasteiger partial charge in [-0.15, -0.1) is 11.3 Å². The van der Waals surface area contributed by atoms with Gasteiger partial charge in [-0.1, -0.05) is 27.7 Å². The summed E-state index contributed by atoms with van der Waals surface area (Å²) in [5.41, 5.74) is 0. The summed E-state index contributed by atoms with van der Waals surface area (Å²) < 4.78 is 36.7. The average molecular weight is 292 g/mol. The molecular formula is C6H5BrF3NS2. The summed E-state index contributed by atoms with van der Waals surface area (Å²) in [6, 6.07) is 0. The highest BCUT2D eigenvalue weighted by Crippen LogP contribution is 2.31. The van der Waals surface area contributed by atoms with Gasteiger partial charge in [-0.3, -0.25) is 0 Å². The van der Waals surface area contributed by atoms with Gasteiger partial charge in [0.15, 0.2) is 0 Å². The van der Waals surface area contributed by atoms with Crippen molar-refractivity contribution in [1.82, 2.24) is 4.98 Å². The van der Waals surface area contributed by atoms with Crippen molar-refractivity contribution in [3.63, 3.8) is 0 Å². The summed E-state index contributed by atoms with van der Waals surface area (Å²) in [6.07, 6.45) is -2.60. The van der Waals surface area contributed by atoms with Gasteiger partial charge in [0, 0.05) is 17.3 Å². The Labute approximate surface area is 89.9 Å². The molecule has 13 heavy (non-hydrogen) atoms. The maximum atomic E-state index is 12.0. The number of halogens is 4. The fraction of sp³-hybridized carbons (Fsp3) is 0.500. The summed E-state index contributed by atoms with van der Waals surface area (Å²) in [7, 11) is 0. The van der Waals surface area contributed by atoms with Crippen molar-refractivity contribution in [1.29, 1.82) is 0 Å². The number of hydrogen-bond acceptors (Lipinski definition) is 3. The van der Waals surface area contributed by atoms with E-state index >= 15 is 0 Å². The van der Waals surface area contributed by atoms with Crippen molar-refractivity contribution < 1.29 is 13.2 Å². The fourth-order valence-electron chi connectivity index (χ4n) is 0.521. The molecule has 0 fully saturated rings. The Morgan fingerprint density at radius 1 is 1.62 bits per heavy atom. The minimum Gasteiger partial charge on any atom is -0.238 e. The van der Waals surface area contributed by atoms with Crippen LogP contribution in [-0.4, -0.2) is 21.7 Å². The first-order chi connectivity index (χ1) is 6.00. The molecule has 7 heteroatoms. The van der Waals surface area contributed by atoms with Crippen LogP contribution >= 0.6 is 39.0 Å². The molecule has 0 bridgehead atoms. The average Bonchev–Trinajstić information content (AvgIpc) is 2.50. The minimum atomic E-state index is -4.18. The molecule has 1 aromatic rings. The van der Waals surface area contributed by atoms with E-state index in [1.807, 2.05) is 0 Å². The predicted molar refractivity (Wildman–Crippen MR) is 51.6 cm³/mol. The second kappa shape index (κ2) is 4.65. The van der Waals surface area contributed by atoms with Gasteiger partial charge in [-0.25, -0.2) is 4.98 Å². The van der Waals surface area contributed by atoms with Gasteiger partial charge in [-0.2, -0.15) is 13.2 Å². The SMILES string of the molecule is FC(F)(F)C(Br)CSc1nccs1. The van der Waals surface area contributed by atoms with Gasteiger partial charge in [0.2, 0.25) is 0 Å². The van der Waals surface area contributed by atoms with Gasteiger partial charge in [0.05, 0.1) is 0 Å². The Morgan fingerprint density at radius 2 is 2.31 bits per heavy atom. The molecule has 0 spiro atoms. The van der Waals surface area contributed by atoms with Gasteiger partial charge >= 0.3 is 6.18 Å². The molecule has 1 heterocycles. The van der Waals surface area contributed by atoms with Crippen LogP contribution in [0.5, 0.6) is 0 Å². The number of alkyl halides is 4. The Kier molecular flexibility index (Phi) is 4.06. The molecule has 1 nitrogen and oxygen atoms in total. The zero-order valence-corrected chi connectivity index (χ0v) is 9.43. The topological polar surface area (TPSA) is 12.9 Å². The lowest BCUT2D eigenvalue weighted by atomic mass is 10.5. The molecule has 1 atom stereocenters. The molecule has 0 radical (unpaired) electrons. The first-order valence-electron chi connectivity index (χ1n) is 3.23. The molecule has 1 rings (SSSR count). The van der Waals surface area contributed by atoms with Crippen LogP contribution in [0, 0.1) is 0 Å². The van der Waals surface area contributed by atoms with Gasteiger partial charge in [-0.05, 0) is 0 Å². The van der Waals surface area contributed by atoms with E-state index in [2.05, 4.69) is 20.9 Å². The van der Waals surface area contributed by atoms with E-state index in [4.69, 9.17) is 0 Å². The molecule has 0 aliphatic heterocycles. The highest BCUT2D eigenvalue weighted by molar-refractivity contribution is 9.09. The van der Waals surface area contributed by atoms with Crippen molar-refractivity contribution in [2.45, 2.75) is 15.3 Å². The summed E-state index contributed by atoms with van der Waals surface area (Å²) in [5, 5.41) is 1.74. The van der Waals surface area contributed by atoms with Gasteiger partial charge in [0.1, 0.15) is 9.17 Å². The molecule has 0 N–H and O–H groups in total. The fourth-order valence-corrected chi connectivity index (χ4v) is 2.53. The first kappa shape index (κ1) is 11.3. The number of hydrogen-bond donors (Lipinski definition) is 0. The highest BCUT2D eigenvalue weighted by atomic mass is 79.9. The summed E-state index contributed by atoms with van der Waals surface area (Å²) in [4.78, 5) is 2.40.